The molecule has 0 bridgehead atoms. The SMILES string of the molecule is CCCS(=O)(=O)Cc1cc(F)c(F)c(C(=O)c2ccc3ncc(-n4ccnc4C)nc3c2)c1F. The Morgan fingerprint density at radius 2 is 1.82 bits per heavy atom. The summed E-state index contributed by atoms with van der Waals surface area (Å²) in [6.07, 6.45) is 5.03. The van der Waals surface area contributed by atoms with Crippen molar-refractivity contribution in [1.29, 1.82) is 0 Å². The summed E-state index contributed by atoms with van der Waals surface area (Å²) in [7, 11) is -3.77. The fourth-order valence-electron chi connectivity index (χ4n) is 3.60. The number of carbonyl (C=O) groups excluding carboxylic acids is 1. The lowest BCUT2D eigenvalue weighted by Crippen LogP contribution is -2.15. The van der Waals surface area contributed by atoms with Gasteiger partial charge in [0, 0.05) is 23.5 Å². The molecule has 0 saturated heterocycles. The van der Waals surface area contributed by atoms with Gasteiger partial charge in [0.15, 0.2) is 33.1 Å². The Morgan fingerprint density at radius 3 is 2.50 bits per heavy atom. The Labute approximate surface area is 193 Å². The van der Waals surface area contributed by atoms with E-state index in [1.165, 1.54) is 24.4 Å². The number of aromatic nitrogens is 4. The third kappa shape index (κ3) is 4.43. The molecule has 0 amide bonds. The topological polar surface area (TPSA) is 94.8 Å². The molecule has 4 rings (SSSR count). The van der Waals surface area contributed by atoms with E-state index in [9.17, 15) is 22.0 Å². The number of benzene rings is 2. The van der Waals surface area contributed by atoms with Gasteiger partial charge in [0.2, 0.25) is 0 Å². The average molecular weight is 488 g/mol. The molecule has 7 nitrogen and oxygen atoms in total. The second kappa shape index (κ2) is 8.98. The van der Waals surface area contributed by atoms with Crippen LogP contribution < -0.4 is 0 Å². The Bertz CT molecular complexity index is 1530. The lowest BCUT2D eigenvalue weighted by molar-refractivity contribution is 0.102. The summed E-state index contributed by atoms with van der Waals surface area (Å²) in [5.74, 6) is -5.78. The van der Waals surface area contributed by atoms with Crippen molar-refractivity contribution in [2.24, 2.45) is 0 Å². The highest BCUT2D eigenvalue weighted by atomic mass is 32.2. The Balaban J connectivity index is 1.79. The first-order valence-corrected chi connectivity index (χ1v) is 12.1. The maximum absolute atomic E-state index is 15.1. The molecule has 4 aromatic rings. The molecule has 0 aliphatic rings. The first-order valence-electron chi connectivity index (χ1n) is 10.3. The number of fused-ring (bicyclic) bond motifs is 1. The third-order valence-corrected chi connectivity index (χ3v) is 6.99. The monoisotopic (exact) mass is 488 g/mol. The van der Waals surface area contributed by atoms with Crippen molar-refractivity contribution in [3.8, 4) is 5.82 Å². The zero-order valence-corrected chi connectivity index (χ0v) is 19.0. The normalized spacial score (nSPS) is 11.8. The fraction of sp³-hybridized carbons (Fsp3) is 0.217. The summed E-state index contributed by atoms with van der Waals surface area (Å²) < 4.78 is 69.8. The fourth-order valence-corrected chi connectivity index (χ4v) is 5.05. The maximum atomic E-state index is 15.1. The molecule has 34 heavy (non-hydrogen) atoms. The van der Waals surface area contributed by atoms with E-state index in [1.54, 1.807) is 30.8 Å². The van der Waals surface area contributed by atoms with Gasteiger partial charge in [0.1, 0.15) is 11.6 Å². The van der Waals surface area contributed by atoms with Gasteiger partial charge in [0.05, 0.1) is 34.3 Å². The van der Waals surface area contributed by atoms with E-state index in [2.05, 4.69) is 15.0 Å². The van der Waals surface area contributed by atoms with Gasteiger partial charge in [-0.1, -0.05) is 6.92 Å². The average Bonchev–Trinajstić information content (AvgIpc) is 3.22. The lowest BCUT2D eigenvalue weighted by Gasteiger charge is -2.11. The van der Waals surface area contributed by atoms with E-state index in [4.69, 9.17) is 0 Å². The zero-order chi connectivity index (χ0) is 24.6. The minimum Gasteiger partial charge on any atom is -0.288 e. The summed E-state index contributed by atoms with van der Waals surface area (Å²) in [5.41, 5.74) is -1.24. The standard InChI is InChI=1S/C23H19F3N4O3S/c1-3-8-34(32,33)12-15-9-16(24)22(26)20(21(15)25)23(31)14-4-5-17-18(10-14)29-19(11-28-17)30-7-6-27-13(30)2/h4-7,9-11H,3,8,12H2,1-2H3. The minimum absolute atomic E-state index is 0.160. The van der Waals surface area contributed by atoms with E-state index < -0.39 is 50.0 Å². The molecular formula is C23H19F3N4O3S. The number of ketones is 1. The van der Waals surface area contributed by atoms with Crippen molar-refractivity contribution in [2.45, 2.75) is 26.0 Å². The molecule has 0 spiro atoms. The zero-order valence-electron chi connectivity index (χ0n) is 18.2. The van der Waals surface area contributed by atoms with Crippen LogP contribution in [0.3, 0.4) is 0 Å². The van der Waals surface area contributed by atoms with Crippen LogP contribution in [-0.2, 0) is 15.6 Å². The molecular weight excluding hydrogens is 469 g/mol. The highest BCUT2D eigenvalue weighted by Gasteiger charge is 2.27. The third-order valence-electron chi connectivity index (χ3n) is 5.21. The molecule has 0 aliphatic carbocycles. The molecule has 0 saturated carbocycles. The number of rotatable bonds is 7. The number of imidazole rings is 1. The molecule has 2 aromatic heterocycles. The van der Waals surface area contributed by atoms with Crippen molar-refractivity contribution in [1.82, 2.24) is 19.5 Å². The number of nitrogens with zero attached hydrogens (tertiary/aromatic N) is 4. The highest BCUT2D eigenvalue weighted by Crippen LogP contribution is 2.26. The molecule has 11 heteroatoms. The van der Waals surface area contributed by atoms with E-state index in [1.807, 2.05) is 0 Å². The summed E-state index contributed by atoms with van der Waals surface area (Å²) in [5, 5.41) is 0. The second-order valence-electron chi connectivity index (χ2n) is 7.72. The first kappa shape index (κ1) is 23.6. The summed E-state index contributed by atoms with van der Waals surface area (Å²) >= 11 is 0. The van der Waals surface area contributed by atoms with E-state index in [0.717, 1.165) is 0 Å². The molecule has 2 heterocycles. The molecule has 0 atom stereocenters. The highest BCUT2D eigenvalue weighted by molar-refractivity contribution is 7.90. The van der Waals surface area contributed by atoms with Gasteiger partial charge < -0.3 is 0 Å². The van der Waals surface area contributed by atoms with Crippen LogP contribution in [0.5, 0.6) is 0 Å². The Hall–Kier alpha value is -3.60. The van der Waals surface area contributed by atoms with E-state index >= 15 is 4.39 Å². The van der Waals surface area contributed by atoms with Gasteiger partial charge in [-0.25, -0.2) is 31.6 Å². The maximum Gasteiger partial charge on any atom is 0.199 e. The molecule has 2 aromatic carbocycles. The number of carbonyl (C=O) groups is 1. The Morgan fingerprint density at radius 1 is 1.06 bits per heavy atom. The van der Waals surface area contributed by atoms with E-state index in [0.29, 0.717) is 23.2 Å². The number of hydrogen-bond donors (Lipinski definition) is 0. The minimum atomic E-state index is -3.77. The van der Waals surface area contributed by atoms with Crippen LogP contribution >= 0.6 is 0 Å². The van der Waals surface area contributed by atoms with Gasteiger partial charge in [0.25, 0.3) is 0 Å². The number of sulfone groups is 1. The van der Waals surface area contributed by atoms with Crippen molar-refractivity contribution >= 4 is 26.7 Å². The van der Waals surface area contributed by atoms with Crippen LogP contribution in [0.25, 0.3) is 16.9 Å². The number of halogens is 3. The van der Waals surface area contributed by atoms with Crippen LogP contribution in [0.4, 0.5) is 13.2 Å². The van der Waals surface area contributed by atoms with Crippen molar-refractivity contribution in [3.05, 3.63) is 82.8 Å². The quantitative estimate of drug-likeness (QED) is 0.287. The van der Waals surface area contributed by atoms with Gasteiger partial charge >= 0.3 is 0 Å². The molecule has 0 fully saturated rings. The smallest absolute Gasteiger partial charge is 0.199 e. The van der Waals surface area contributed by atoms with Crippen LogP contribution in [0, 0.1) is 24.4 Å². The van der Waals surface area contributed by atoms with Crippen LogP contribution in [0.2, 0.25) is 0 Å². The summed E-state index contributed by atoms with van der Waals surface area (Å²) in [6, 6.07) is 4.50. The first-order chi connectivity index (χ1) is 16.1. The summed E-state index contributed by atoms with van der Waals surface area (Å²) in [4.78, 5) is 25.9. The van der Waals surface area contributed by atoms with Gasteiger partial charge in [-0.05, 0) is 37.6 Å². The molecule has 0 N–H and O–H groups in total. The van der Waals surface area contributed by atoms with Gasteiger partial charge in [-0.2, -0.15) is 0 Å². The van der Waals surface area contributed by atoms with Crippen LogP contribution in [0.15, 0.2) is 42.9 Å². The molecule has 0 radical (unpaired) electrons. The van der Waals surface area contributed by atoms with Crippen LogP contribution in [-0.4, -0.2) is 39.5 Å². The summed E-state index contributed by atoms with van der Waals surface area (Å²) in [6.45, 7) is 3.38. The molecule has 176 valence electrons. The molecule has 0 aliphatic heterocycles. The van der Waals surface area contributed by atoms with E-state index in [-0.39, 0.29) is 23.3 Å². The largest absolute Gasteiger partial charge is 0.288 e. The van der Waals surface area contributed by atoms with Crippen molar-refractivity contribution < 1.29 is 26.4 Å². The van der Waals surface area contributed by atoms with Crippen LogP contribution in [0.1, 0.15) is 40.7 Å². The second-order valence-corrected chi connectivity index (χ2v) is 9.90. The van der Waals surface area contributed by atoms with Crippen molar-refractivity contribution in [2.75, 3.05) is 5.75 Å². The Kier molecular flexibility index (Phi) is 6.22. The predicted molar refractivity (Wildman–Crippen MR) is 119 cm³/mol. The number of aryl methyl sites for hydroxylation is 1. The van der Waals surface area contributed by atoms with Gasteiger partial charge in [-0.3, -0.25) is 14.3 Å². The lowest BCUT2D eigenvalue weighted by atomic mass is 9.99. The number of hydrogen-bond acceptors (Lipinski definition) is 6. The molecule has 0 unspecified atom stereocenters. The van der Waals surface area contributed by atoms with Gasteiger partial charge in [-0.15, -0.1) is 0 Å². The predicted octanol–water partition coefficient (Wildman–Crippen LogP) is 4.10. The van der Waals surface area contributed by atoms with Crippen molar-refractivity contribution in [3.63, 3.8) is 0 Å².